The van der Waals surface area contributed by atoms with E-state index >= 15 is 0 Å². The summed E-state index contributed by atoms with van der Waals surface area (Å²) >= 11 is 5.70. The van der Waals surface area contributed by atoms with Crippen molar-refractivity contribution in [3.63, 3.8) is 0 Å². The third-order valence-electron chi connectivity index (χ3n) is 4.46. The second kappa shape index (κ2) is 5.91. The van der Waals surface area contributed by atoms with Gasteiger partial charge < -0.3 is 0 Å². The van der Waals surface area contributed by atoms with Crippen molar-refractivity contribution in [1.29, 1.82) is 0 Å². The average molecular weight is 397 g/mol. The van der Waals surface area contributed by atoms with Crippen molar-refractivity contribution in [2.45, 2.75) is 25.1 Å². The number of hydrogen-bond acceptors (Lipinski definition) is 4. The van der Waals surface area contributed by atoms with Gasteiger partial charge in [-0.25, -0.2) is 4.98 Å². The van der Waals surface area contributed by atoms with Crippen molar-refractivity contribution in [2.75, 3.05) is 0 Å². The number of alkyl halides is 3. The summed E-state index contributed by atoms with van der Waals surface area (Å²) < 4.78 is 41.2. The maximum absolute atomic E-state index is 12.8. The van der Waals surface area contributed by atoms with Crippen LogP contribution in [0.1, 0.15) is 40.5 Å². The van der Waals surface area contributed by atoms with Gasteiger partial charge in [-0.3, -0.25) is 18.8 Å². The summed E-state index contributed by atoms with van der Waals surface area (Å²) in [6, 6.07) is 2.85. The Morgan fingerprint density at radius 1 is 1.26 bits per heavy atom. The van der Waals surface area contributed by atoms with Crippen LogP contribution in [0.25, 0.3) is 11.0 Å². The summed E-state index contributed by atoms with van der Waals surface area (Å²) in [7, 11) is 1.47. The molecule has 140 valence electrons. The Balaban J connectivity index is 1.81. The normalized spacial score (nSPS) is 14.7. The van der Waals surface area contributed by atoms with Gasteiger partial charge in [-0.2, -0.15) is 18.3 Å². The fraction of sp³-hybridized carbons (Fsp3) is 0.294. The fourth-order valence-electron chi connectivity index (χ4n) is 2.96. The van der Waals surface area contributed by atoms with E-state index in [0.29, 0.717) is 0 Å². The summed E-state index contributed by atoms with van der Waals surface area (Å²) in [6.07, 6.45) is -1.47. The van der Waals surface area contributed by atoms with Crippen LogP contribution in [0.3, 0.4) is 0 Å². The molecule has 0 radical (unpaired) electrons. The van der Waals surface area contributed by atoms with E-state index in [1.54, 1.807) is 0 Å². The summed E-state index contributed by atoms with van der Waals surface area (Å²) in [6.45, 7) is 0. The molecule has 0 saturated heterocycles. The molecule has 2 heterocycles. The van der Waals surface area contributed by atoms with E-state index in [0.717, 1.165) is 31.0 Å². The molecule has 2 aromatic heterocycles. The highest BCUT2D eigenvalue weighted by atomic mass is 35.5. The minimum atomic E-state index is -4.62. The van der Waals surface area contributed by atoms with Gasteiger partial charge in [0.15, 0.2) is 5.52 Å². The lowest BCUT2D eigenvalue weighted by molar-refractivity contribution is -0.137. The van der Waals surface area contributed by atoms with Gasteiger partial charge in [0.05, 0.1) is 16.9 Å². The molecule has 0 aliphatic heterocycles. The zero-order valence-electron chi connectivity index (χ0n) is 13.9. The number of aromatic nitrogens is 4. The van der Waals surface area contributed by atoms with E-state index in [-0.39, 0.29) is 33.9 Å². The molecule has 0 spiro atoms. The van der Waals surface area contributed by atoms with Crippen LogP contribution in [0.2, 0.25) is 5.02 Å². The van der Waals surface area contributed by atoms with Crippen molar-refractivity contribution in [2.24, 2.45) is 7.05 Å². The molecule has 1 saturated carbocycles. The van der Waals surface area contributed by atoms with Gasteiger partial charge in [-0.05, 0) is 25.0 Å². The molecule has 0 N–H and O–H groups in total. The van der Waals surface area contributed by atoms with Gasteiger partial charge >= 0.3 is 6.18 Å². The standard InChI is InChI=1S/C17H12ClF3N4O2/c1-24-14(12-13(23-24)16(27)25(7-22-12)9-3-4-9)15(26)8-2-5-10(11(18)6-8)17(19,20)21/h2,5-7,9H,3-4H2,1H3. The first kappa shape index (κ1) is 17.7. The Morgan fingerprint density at radius 3 is 2.56 bits per heavy atom. The average Bonchev–Trinajstić information content (AvgIpc) is 3.36. The van der Waals surface area contributed by atoms with Gasteiger partial charge in [0.25, 0.3) is 5.56 Å². The number of aryl methyl sites for hydroxylation is 1. The zero-order valence-corrected chi connectivity index (χ0v) is 14.7. The van der Waals surface area contributed by atoms with Crippen molar-refractivity contribution >= 4 is 28.4 Å². The molecule has 6 nitrogen and oxygen atoms in total. The maximum atomic E-state index is 12.8. The molecular weight excluding hydrogens is 385 g/mol. The minimum absolute atomic E-state index is 0.0147. The Kier molecular flexibility index (Phi) is 3.88. The Morgan fingerprint density at radius 2 is 1.96 bits per heavy atom. The Bertz CT molecular complexity index is 1150. The number of benzene rings is 1. The summed E-state index contributed by atoms with van der Waals surface area (Å²) in [5, 5.41) is 3.52. The van der Waals surface area contributed by atoms with Gasteiger partial charge in [0.1, 0.15) is 11.2 Å². The molecule has 0 bridgehead atoms. The smallest absolute Gasteiger partial charge is 0.294 e. The topological polar surface area (TPSA) is 69.8 Å². The molecule has 27 heavy (non-hydrogen) atoms. The van der Waals surface area contributed by atoms with Crippen LogP contribution in [0, 0.1) is 0 Å². The van der Waals surface area contributed by atoms with Crippen LogP contribution in [0.5, 0.6) is 0 Å². The quantitative estimate of drug-likeness (QED) is 0.636. The molecule has 1 fully saturated rings. The summed E-state index contributed by atoms with van der Waals surface area (Å²) in [4.78, 5) is 29.6. The molecule has 0 amide bonds. The van der Waals surface area contributed by atoms with Gasteiger partial charge in [-0.1, -0.05) is 17.7 Å². The lowest BCUT2D eigenvalue weighted by atomic mass is 10.0. The maximum Gasteiger partial charge on any atom is 0.417 e. The van der Waals surface area contributed by atoms with Crippen LogP contribution in [0.4, 0.5) is 13.2 Å². The number of carbonyl (C=O) groups is 1. The van der Waals surface area contributed by atoms with Gasteiger partial charge in [-0.15, -0.1) is 0 Å². The van der Waals surface area contributed by atoms with Crippen LogP contribution in [0.15, 0.2) is 29.3 Å². The highest BCUT2D eigenvalue weighted by Gasteiger charge is 2.34. The van der Waals surface area contributed by atoms with Crippen molar-refractivity contribution < 1.29 is 18.0 Å². The molecule has 10 heteroatoms. The SMILES string of the molecule is Cn1nc2c(=O)n(C3CC3)cnc2c1C(=O)c1ccc(C(F)(F)F)c(Cl)c1. The zero-order chi connectivity index (χ0) is 19.5. The number of rotatable bonds is 3. The predicted molar refractivity (Wildman–Crippen MR) is 90.9 cm³/mol. The van der Waals surface area contributed by atoms with E-state index in [2.05, 4.69) is 10.1 Å². The first-order chi connectivity index (χ1) is 12.7. The largest absolute Gasteiger partial charge is 0.417 e. The monoisotopic (exact) mass is 396 g/mol. The van der Waals surface area contributed by atoms with Crippen LogP contribution in [-0.4, -0.2) is 25.1 Å². The third kappa shape index (κ3) is 2.91. The van der Waals surface area contributed by atoms with Crippen molar-refractivity contribution in [3.05, 3.63) is 56.7 Å². The van der Waals surface area contributed by atoms with E-state index in [9.17, 15) is 22.8 Å². The first-order valence-corrected chi connectivity index (χ1v) is 8.41. The number of halogens is 4. The lowest BCUT2D eigenvalue weighted by Crippen LogP contribution is -2.19. The van der Waals surface area contributed by atoms with E-state index < -0.39 is 22.5 Å². The Hall–Kier alpha value is -2.68. The van der Waals surface area contributed by atoms with Crippen LogP contribution < -0.4 is 5.56 Å². The molecule has 1 aromatic carbocycles. The number of ketones is 1. The second-order valence-corrected chi connectivity index (χ2v) is 6.79. The highest BCUT2D eigenvalue weighted by molar-refractivity contribution is 6.32. The molecular formula is C17H12ClF3N4O2. The van der Waals surface area contributed by atoms with Crippen molar-refractivity contribution in [3.8, 4) is 0 Å². The summed E-state index contributed by atoms with van der Waals surface area (Å²) in [5.74, 6) is -0.619. The molecule has 1 aliphatic rings. The molecule has 1 aliphatic carbocycles. The number of carbonyl (C=O) groups excluding carboxylic acids is 1. The van der Waals surface area contributed by atoms with Gasteiger partial charge in [0, 0.05) is 18.7 Å². The predicted octanol–water partition coefficient (Wildman–Crippen LogP) is 3.37. The van der Waals surface area contributed by atoms with E-state index in [1.165, 1.54) is 22.6 Å². The molecule has 3 aromatic rings. The van der Waals surface area contributed by atoms with Gasteiger partial charge in [0.2, 0.25) is 5.78 Å². The minimum Gasteiger partial charge on any atom is -0.294 e. The highest BCUT2D eigenvalue weighted by Crippen LogP contribution is 2.36. The second-order valence-electron chi connectivity index (χ2n) is 6.38. The number of fused-ring (bicyclic) bond motifs is 1. The van der Waals surface area contributed by atoms with Crippen molar-refractivity contribution in [1.82, 2.24) is 19.3 Å². The van der Waals surface area contributed by atoms with Crippen LogP contribution >= 0.6 is 11.6 Å². The lowest BCUT2D eigenvalue weighted by Gasteiger charge is -2.10. The molecule has 4 rings (SSSR count). The number of hydrogen-bond donors (Lipinski definition) is 0. The van der Waals surface area contributed by atoms with Crippen LogP contribution in [-0.2, 0) is 13.2 Å². The fourth-order valence-corrected chi connectivity index (χ4v) is 3.25. The van der Waals surface area contributed by atoms with E-state index in [1.807, 2.05) is 0 Å². The van der Waals surface area contributed by atoms with E-state index in [4.69, 9.17) is 11.6 Å². The Labute approximate surface area is 155 Å². The molecule has 0 atom stereocenters. The molecule has 0 unspecified atom stereocenters. The third-order valence-corrected chi connectivity index (χ3v) is 4.78. The number of nitrogens with zero attached hydrogens (tertiary/aromatic N) is 4. The first-order valence-electron chi connectivity index (χ1n) is 8.03. The summed E-state index contributed by atoms with van der Waals surface area (Å²) in [5.41, 5.74) is -1.25.